The quantitative estimate of drug-likeness (QED) is 0.353. The van der Waals surface area contributed by atoms with E-state index in [4.69, 9.17) is 13.9 Å². The third kappa shape index (κ3) is 5.76. The van der Waals surface area contributed by atoms with E-state index >= 15 is 0 Å². The second kappa shape index (κ2) is 10.3. The summed E-state index contributed by atoms with van der Waals surface area (Å²) >= 11 is 0. The highest BCUT2D eigenvalue weighted by Gasteiger charge is 2.15. The molecule has 5 heteroatoms. The van der Waals surface area contributed by atoms with Gasteiger partial charge in [0.15, 0.2) is 0 Å². The van der Waals surface area contributed by atoms with Crippen molar-refractivity contribution in [2.75, 3.05) is 20.3 Å². The van der Waals surface area contributed by atoms with E-state index in [2.05, 4.69) is 36.5 Å². The van der Waals surface area contributed by atoms with Crippen molar-refractivity contribution in [2.45, 2.75) is 40.2 Å². The van der Waals surface area contributed by atoms with Crippen molar-refractivity contribution in [3.8, 4) is 16.9 Å². The van der Waals surface area contributed by atoms with Gasteiger partial charge in [-0.05, 0) is 51.3 Å². The molecule has 1 aromatic heterocycles. The number of amides is 1. The Morgan fingerprint density at radius 1 is 1.19 bits per heavy atom. The van der Waals surface area contributed by atoms with E-state index in [1.54, 1.807) is 19.4 Å². The van der Waals surface area contributed by atoms with Crippen LogP contribution in [0, 0.1) is 6.92 Å². The first-order valence-electron chi connectivity index (χ1n) is 10.6. The number of aryl methyl sites for hydroxylation is 1. The fourth-order valence-corrected chi connectivity index (χ4v) is 3.42. The van der Waals surface area contributed by atoms with Crippen molar-refractivity contribution in [3.63, 3.8) is 0 Å². The van der Waals surface area contributed by atoms with Crippen LogP contribution in [0.4, 0.5) is 0 Å². The number of hydrogen-bond donors (Lipinski definition) is 1. The number of ether oxygens (including phenoxy) is 2. The van der Waals surface area contributed by atoms with Gasteiger partial charge in [0, 0.05) is 41.8 Å². The summed E-state index contributed by atoms with van der Waals surface area (Å²) in [4.78, 5) is 12.4. The van der Waals surface area contributed by atoms with Crippen LogP contribution < -0.4 is 10.1 Å². The minimum Gasteiger partial charge on any atom is -0.496 e. The fourth-order valence-electron chi connectivity index (χ4n) is 3.42. The smallest absolute Gasteiger partial charge is 0.244 e. The van der Waals surface area contributed by atoms with E-state index < -0.39 is 0 Å². The molecular weight excluding hydrogens is 390 g/mol. The summed E-state index contributed by atoms with van der Waals surface area (Å²) in [6.07, 6.45) is 4.36. The molecule has 0 atom stereocenters. The van der Waals surface area contributed by atoms with Crippen molar-refractivity contribution in [3.05, 3.63) is 59.9 Å². The lowest BCUT2D eigenvalue weighted by Crippen LogP contribution is -2.23. The molecule has 3 aromatic rings. The summed E-state index contributed by atoms with van der Waals surface area (Å²) in [5.41, 5.74) is 5.75. The van der Waals surface area contributed by atoms with E-state index in [0.717, 1.165) is 39.7 Å². The van der Waals surface area contributed by atoms with Crippen LogP contribution in [-0.4, -0.2) is 32.3 Å². The zero-order valence-corrected chi connectivity index (χ0v) is 19.0. The number of allylic oxidation sites excluding steroid dienone is 1. The van der Waals surface area contributed by atoms with E-state index in [1.165, 1.54) is 5.56 Å². The first-order valence-corrected chi connectivity index (χ1v) is 10.6. The van der Waals surface area contributed by atoms with Crippen LogP contribution in [0.2, 0.25) is 0 Å². The zero-order chi connectivity index (χ0) is 22.4. The normalized spacial score (nSPS) is 11.9. The number of methoxy groups -OCH3 is 1. The molecule has 0 unspecified atom stereocenters. The van der Waals surface area contributed by atoms with Crippen molar-refractivity contribution >= 4 is 22.4 Å². The first-order chi connectivity index (χ1) is 14.9. The lowest BCUT2D eigenvalue weighted by Gasteiger charge is -2.11. The monoisotopic (exact) mass is 421 g/mol. The van der Waals surface area contributed by atoms with Gasteiger partial charge in [0.25, 0.3) is 0 Å². The molecule has 0 fully saturated rings. The minimum atomic E-state index is -0.129. The maximum atomic E-state index is 12.4. The Kier molecular flexibility index (Phi) is 7.53. The van der Waals surface area contributed by atoms with Crippen LogP contribution in [0.1, 0.15) is 38.3 Å². The number of nitrogens with one attached hydrogen (secondary N) is 1. The van der Waals surface area contributed by atoms with Crippen LogP contribution in [0.3, 0.4) is 0 Å². The number of carbonyl (C=O) groups is 1. The summed E-state index contributed by atoms with van der Waals surface area (Å²) in [5, 5.41) is 3.90. The predicted molar refractivity (Wildman–Crippen MR) is 125 cm³/mol. The van der Waals surface area contributed by atoms with Gasteiger partial charge >= 0.3 is 0 Å². The van der Waals surface area contributed by atoms with Gasteiger partial charge < -0.3 is 19.2 Å². The van der Waals surface area contributed by atoms with Crippen LogP contribution in [0.5, 0.6) is 5.75 Å². The molecule has 0 aliphatic carbocycles. The summed E-state index contributed by atoms with van der Waals surface area (Å²) in [6.45, 7) is 9.18. The van der Waals surface area contributed by atoms with Gasteiger partial charge in [-0.1, -0.05) is 29.8 Å². The Hall–Kier alpha value is -3.05. The Bertz CT molecular complexity index is 1060. The summed E-state index contributed by atoms with van der Waals surface area (Å²) in [5.74, 6) is 0.541. The van der Waals surface area contributed by atoms with Crippen molar-refractivity contribution < 1.29 is 18.7 Å². The highest BCUT2D eigenvalue weighted by molar-refractivity contribution is 6.00. The average Bonchev–Trinajstić information content (AvgIpc) is 3.15. The summed E-state index contributed by atoms with van der Waals surface area (Å²) in [6, 6.07) is 12.2. The van der Waals surface area contributed by atoms with Crippen LogP contribution in [0.25, 0.3) is 27.7 Å². The van der Waals surface area contributed by atoms with Crippen LogP contribution in [0.15, 0.2) is 53.2 Å². The van der Waals surface area contributed by atoms with Gasteiger partial charge in [0.05, 0.1) is 19.5 Å². The van der Waals surface area contributed by atoms with Crippen molar-refractivity contribution in [2.24, 2.45) is 0 Å². The van der Waals surface area contributed by atoms with Gasteiger partial charge in [-0.3, -0.25) is 4.79 Å². The number of hydrogen-bond acceptors (Lipinski definition) is 4. The maximum absolute atomic E-state index is 12.4. The molecule has 0 saturated heterocycles. The molecule has 1 heterocycles. The molecule has 5 nitrogen and oxygen atoms in total. The molecule has 1 amide bonds. The maximum Gasteiger partial charge on any atom is 0.244 e. The molecule has 0 spiro atoms. The molecule has 3 rings (SSSR count). The number of carbonyl (C=O) groups excluding carboxylic acids is 1. The largest absolute Gasteiger partial charge is 0.496 e. The number of benzene rings is 2. The first kappa shape index (κ1) is 22.6. The molecule has 1 N–H and O–H groups in total. The van der Waals surface area contributed by atoms with Crippen LogP contribution >= 0.6 is 0 Å². The second-order valence-corrected chi connectivity index (χ2v) is 7.96. The molecule has 0 aliphatic rings. The molecule has 0 radical (unpaired) electrons. The van der Waals surface area contributed by atoms with Gasteiger partial charge in [0.2, 0.25) is 5.91 Å². The van der Waals surface area contributed by atoms with E-state index in [9.17, 15) is 4.79 Å². The van der Waals surface area contributed by atoms with Crippen molar-refractivity contribution in [1.29, 1.82) is 0 Å². The SMILES string of the molecule is COc1cc2occ(-c3ccc(C)cc3)c2cc1/C(C)=C/C(=O)NCCCOC(C)C. The van der Waals surface area contributed by atoms with Crippen LogP contribution in [-0.2, 0) is 9.53 Å². The molecule has 164 valence electrons. The number of furan rings is 1. The third-order valence-corrected chi connectivity index (χ3v) is 5.10. The fraction of sp³-hybridized carbons (Fsp3) is 0.346. The Morgan fingerprint density at radius 2 is 1.94 bits per heavy atom. The standard InChI is InChI=1S/C26H31NO4/c1-17(2)30-12-6-11-27-26(28)13-19(4)21-14-22-23(20-9-7-18(3)8-10-20)16-31-25(22)15-24(21)29-5/h7-10,13-17H,6,11-12H2,1-5H3,(H,27,28)/b19-13+. The summed E-state index contributed by atoms with van der Waals surface area (Å²) < 4.78 is 16.9. The van der Waals surface area contributed by atoms with E-state index in [0.29, 0.717) is 18.9 Å². The zero-order valence-electron chi connectivity index (χ0n) is 19.0. The molecular formula is C26H31NO4. The molecule has 0 aliphatic heterocycles. The number of fused-ring (bicyclic) bond motifs is 1. The topological polar surface area (TPSA) is 60.7 Å². The Balaban J connectivity index is 1.82. The Morgan fingerprint density at radius 3 is 2.61 bits per heavy atom. The van der Waals surface area contributed by atoms with Crippen molar-refractivity contribution in [1.82, 2.24) is 5.32 Å². The van der Waals surface area contributed by atoms with Gasteiger partial charge in [-0.25, -0.2) is 0 Å². The minimum absolute atomic E-state index is 0.129. The van der Waals surface area contributed by atoms with E-state index in [-0.39, 0.29) is 12.0 Å². The lowest BCUT2D eigenvalue weighted by atomic mass is 9.99. The molecule has 31 heavy (non-hydrogen) atoms. The highest BCUT2D eigenvalue weighted by Crippen LogP contribution is 2.37. The number of rotatable bonds is 9. The van der Waals surface area contributed by atoms with Gasteiger partial charge in [-0.15, -0.1) is 0 Å². The molecule has 0 saturated carbocycles. The van der Waals surface area contributed by atoms with E-state index in [1.807, 2.05) is 32.9 Å². The van der Waals surface area contributed by atoms with Gasteiger partial charge in [0.1, 0.15) is 11.3 Å². The second-order valence-electron chi connectivity index (χ2n) is 7.96. The predicted octanol–water partition coefficient (Wildman–Crippen LogP) is 5.75. The lowest BCUT2D eigenvalue weighted by molar-refractivity contribution is -0.116. The molecule has 0 bridgehead atoms. The van der Waals surface area contributed by atoms with Gasteiger partial charge in [-0.2, -0.15) is 0 Å². The average molecular weight is 422 g/mol. The highest BCUT2D eigenvalue weighted by atomic mass is 16.5. The summed E-state index contributed by atoms with van der Waals surface area (Å²) in [7, 11) is 1.62. The molecule has 2 aromatic carbocycles. The third-order valence-electron chi connectivity index (χ3n) is 5.10. The Labute approximate surface area is 184 Å².